The molecule has 2 atom stereocenters. The Bertz CT molecular complexity index is 543. The number of methoxy groups -OCH3 is 1. The van der Waals surface area contributed by atoms with Crippen molar-refractivity contribution in [2.45, 2.75) is 12.1 Å². The van der Waals surface area contributed by atoms with E-state index in [0.717, 1.165) is 19.3 Å². The normalized spacial score (nSPS) is 25.3. The van der Waals surface area contributed by atoms with Crippen LogP contribution in [0.15, 0.2) is 18.5 Å². The fourth-order valence-electron chi connectivity index (χ4n) is 3.13. The zero-order valence-corrected chi connectivity index (χ0v) is 12.6. The fourth-order valence-corrected chi connectivity index (χ4v) is 3.13. The van der Waals surface area contributed by atoms with Crippen molar-refractivity contribution in [1.82, 2.24) is 14.8 Å². The molecule has 1 amide bonds. The summed E-state index contributed by atoms with van der Waals surface area (Å²) in [5.74, 6) is -0.885. The van der Waals surface area contributed by atoms with Gasteiger partial charge in [-0.05, 0) is 6.07 Å². The van der Waals surface area contributed by atoms with Gasteiger partial charge < -0.3 is 14.4 Å². The number of morpholine rings is 1. The van der Waals surface area contributed by atoms with Gasteiger partial charge in [-0.25, -0.2) is 4.39 Å². The molecule has 1 aromatic rings. The van der Waals surface area contributed by atoms with E-state index in [1.807, 2.05) is 0 Å². The van der Waals surface area contributed by atoms with E-state index in [1.165, 1.54) is 12.3 Å². The second kappa shape index (κ2) is 6.68. The van der Waals surface area contributed by atoms with E-state index in [2.05, 4.69) is 9.88 Å². The van der Waals surface area contributed by atoms with Crippen molar-refractivity contribution in [3.63, 3.8) is 0 Å². The van der Waals surface area contributed by atoms with Gasteiger partial charge in [0.1, 0.15) is 0 Å². The van der Waals surface area contributed by atoms with Gasteiger partial charge in [0.2, 0.25) is 0 Å². The third-order valence-electron chi connectivity index (χ3n) is 4.29. The Hall–Kier alpha value is -1.57. The van der Waals surface area contributed by atoms with E-state index >= 15 is 0 Å². The van der Waals surface area contributed by atoms with E-state index in [-0.39, 0.29) is 23.6 Å². The first-order valence-corrected chi connectivity index (χ1v) is 7.44. The van der Waals surface area contributed by atoms with Gasteiger partial charge in [0.05, 0.1) is 37.1 Å². The lowest BCUT2D eigenvalue weighted by Crippen LogP contribution is -2.51. The van der Waals surface area contributed by atoms with Gasteiger partial charge in [-0.2, -0.15) is 0 Å². The van der Waals surface area contributed by atoms with Gasteiger partial charge in [-0.1, -0.05) is 0 Å². The highest BCUT2D eigenvalue weighted by Crippen LogP contribution is 2.24. The summed E-state index contributed by atoms with van der Waals surface area (Å²) < 4.78 is 24.6. The molecule has 6 nitrogen and oxygen atoms in total. The maximum atomic E-state index is 13.7. The van der Waals surface area contributed by atoms with E-state index in [0.29, 0.717) is 26.3 Å². The van der Waals surface area contributed by atoms with Crippen molar-refractivity contribution in [3.8, 4) is 0 Å². The van der Waals surface area contributed by atoms with Gasteiger partial charge in [0, 0.05) is 39.5 Å². The largest absolute Gasteiger partial charge is 0.383 e. The molecule has 2 saturated heterocycles. The number of pyridine rings is 1. The number of hydrogen-bond acceptors (Lipinski definition) is 5. The standard InChI is InChI=1S/C15H20FN3O3/c1-21-6-4-18-5-7-22-14-10-19(9-13(14)18)15(20)11-2-3-17-8-12(11)16/h2-3,8,13-14H,4-7,9-10H2,1H3/t13-,14+/m0/s1. The smallest absolute Gasteiger partial charge is 0.257 e. The average Bonchev–Trinajstić information content (AvgIpc) is 2.97. The molecule has 0 radical (unpaired) electrons. The van der Waals surface area contributed by atoms with Crippen LogP contribution >= 0.6 is 0 Å². The number of carbonyl (C=O) groups excluding carboxylic acids is 1. The van der Waals surface area contributed by atoms with Crippen molar-refractivity contribution in [1.29, 1.82) is 0 Å². The van der Waals surface area contributed by atoms with E-state index < -0.39 is 5.82 Å². The monoisotopic (exact) mass is 309 g/mol. The zero-order valence-electron chi connectivity index (χ0n) is 12.6. The molecule has 1 aromatic heterocycles. The number of aromatic nitrogens is 1. The van der Waals surface area contributed by atoms with Crippen LogP contribution in [-0.4, -0.2) is 79.3 Å². The van der Waals surface area contributed by atoms with Crippen LogP contribution < -0.4 is 0 Å². The SMILES string of the molecule is COCCN1CCO[C@@H]2CN(C(=O)c3ccncc3F)C[C@@H]21. The van der Waals surface area contributed by atoms with Crippen LogP contribution in [0.1, 0.15) is 10.4 Å². The van der Waals surface area contributed by atoms with Gasteiger partial charge in [-0.15, -0.1) is 0 Å². The quantitative estimate of drug-likeness (QED) is 0.805. The molecule has 22 heavy (non-hydrogen) atoms. The molecule has 2 aliphatic rings. The Labute approximate surface area is 128 Å². The van der Waals surface area contributed by atoms with Crippen molar-refractivity contribution in [2.75, 3.05) is 46.5 Å². The molecule has 0 aliphatic carbocycles. The van der Waals surface area contributed by atoms with E-state index in [1.54, 1.807) is 12.0 Å². The first-order valence-electron chi connectivity index (χ1n) is 7.44. The maximum absolute atomic E-state index is 13.7. The number of fused-ring (bicyclic) bond motifs is 1. The Kier molecular flexibility index (Phi) is 4.66. The first kappa shape index (κ1) is 15.3. The lowest BCUT2D eigenvalue weighted by atomic mass is 10.1. The summed E-state index contributed by atoms with van der Waals surface area (Å²) in [5, 5.41) is 0. The predicted octanol–water partition coefficient (Wildman–Crippen LogP) is 0.392. The molecule has 0 bridgehead atoms. The topological polar surface area (TPSA) is 54.9 Å². The Morgan fingerprint density at radius 1 is 1.55 bits per heavy atom. The van der Waals surface area contributed by atoms with Crippen LogP contribution in [0, 0.1) is 5.82 Å². The molecule has 0 N–H and O–H groups in total. The molecule has 0 unspecified atom stereocenters. The summed E-state index contributed by atoms with van der Waals surface area (Å²) in [6, 6.07) is 1.57. The molecule has 0 spiro atoms. The Balaban J connectivity index is 1.70. The molecule has 3 heterocycles. The highest BCUT2D eigenvalue weighted by molar-refractivity contribution is 5.94. The molecule has 120 valence electrons. The van der Waals surface area contributed by atoms with E-state index in [9.17, 15) is 9.18 Å². The molecule has 0 aromatic carbocycles. The molecule has 2 fully saturated rings. The summed E-state index contributed by atoms with van der Waals surface area (Å²) in [6.07, 6.45) is 2.48. The molecule has 2 aliphatic heterocycles. The van der Waals surface area contributed by atoms with Crippen molar-refractivity contribution in [3.05, 3.63) is 29.8 Å². The maximum Gasteiger partial charge on any atom is 0.257 e. The summed E-state index contributed by atoms with van der Waals surface area (Å²) >= 11 is 0. The highest BCUT2D eigenvalue weighted by atomic mass is 19.1. The average molecular weight is 309 g/mol. The zero-order chi connectivity index (χ0) is 15.5. The Morgan fingerprint density at radius 2 is 2.41 bits per heavy atom. The van der Waals surface area contributed by atoms with Crippen molar-refractivity contribution < 1.29 is 18.7 Å². The van der Waals surface area contributed by atoms with Crippen LogP contribution in [0.3, 0.4) is 0 Å². The number of halogens is 1. The lowest BCUT2D eigenvalue weighted by molar-refractivity contribution is -0.0526. The van der Waals surface area contributed by atoms with Gasteiger partial charge >= 0.3 is 0 Å². The summed E-state index contributed by atoms with van der Waals surface area (Å²) in [7, 11) is 1.68. The van der Waals surface area contributed by atoms with Crippen molar-refractivity contribution >= 4 is 5.91 Å². The van der Waals surface area contributed by atoms with Crippen LogP contribution in [0.5, 0.6) is 0 Å². The van der Waals surface area contributed by atoms with Gasteiger partial charge in [0.15, 0.2) is 5.82 Å². The third-order valence-corrected chi connectivity index (χ3v) is 4.29. The van der Waals surface area contributed by atoms with Crippen LogP contribution in [0.25, 0.3) is 0 Å². The number of nitrogens with zero attached hydrogens (tertiary/aromatic N) is 3. The van der Waals surface area contributed by atoms with Crippen LogP contribution in [-0.2, 0) is 9.47 Å². The second-order valence-corrected chi connectivity index (χ2v) is 5.57. The molecular formula is C15H20FN3O3. The van der Waals surface area contributed by atoms with Crippen LogP contribution in [0.4, 0.5) is 4.39 Å². The molecular weight excluding hydrogens is 289 g/mol. The summed E-state index contributed by atoms with van der Waals surface area (Å²) in [4.78, 5) is 20.1. The minimum absolute atomic E-state index is 0.0144. The fraction of sp³-hybridized carbons (Fsp3) is 0.600. The minimum atomic E-state index is -0.584. The number of carbonyl (C=O) groups is 1. The number of ether oxygens (including phenoxy) is 2. The van der Waals surface area contributed by atoms with Crippen molar-refractivity contribution in [2.24, 2.45) is 0 Å². The number of hydrogen-bond donors (Lipinski definition) is 0. The molecule has 3 rings (SSSR count). The highest BCUT2D eigenvalue weighted by Gasteiger charge is 2.42. The summed E-state index contributed by atoms with van der Waals surface area (Å²) in [6.45, 7) is 3.99. The second-order valence-electron chi connectivity index (χ2n) is 5.57. The predicted molar refractivity (Wildman–Crippen MR) is 77.1 cm³/mol. The van der Waals surface area contributed by atoms with Gasteiger partial charge in [0.25, 0.3) is 5.91 Å². The summed E-state index contributed by atoms with van der Waals surface area (Å²) in [5.41, 5.74) is 0.0667. The Morgan fingerprint density at radius 3 is 3.18 bits per heavy atom. The van der Waals surface area contributed by atoms with Crippen LogP contribution in [0.2, 0.25) is 0 Å². The minimum Gasteiger partial charge on any atom is -0.383 e. The number of rotatable bonds is 4. The number of amides is 1. The first-order chi connectivity index (χ1) is 10.7. The molecule has 7 heteroatoms. The third kappa shape index (κ3) is 2.97. The van der Waals surface area contributed by atoms with E-state index in [4.69, 9.17) is 9.47 Å². The van der Waals surface area contributed by atoms with Gasteiger partial charge in [-0.3, -0.25) is 14.7 Å². The molecule has 0 saturated carbocycles. The number of likely N-dealkylation sites (tertiary alicyclic amines) is 1. The lowest BCUT2D eigenvalue weighted by Gasteiger charge is -2.36.